The number of aliphatic hydroxyl groups excluding tert-OH is 1. The van der Waals surface area contributed by atoms with Crippen LogP contribution in [0.4, 0.5) is 0 Å². The third-order valence-electron chi connectivity index (χ3n) is 3.51. The average molecular weight is 228 g/mol. The summed E-state index contributed by atoms with van der Waals surface area (Å²) >= 11 is 0. The van der Waals surface area contributed by atoms with Crippen molar-refractivity contribution in [2.45, 2.75) is 45.6 Å². The fourth-order valence-electron chi connectivity index (χ4n) is 2.65. The molecular weight excluding hydrogens is 200 g/mol. The second-order valence-electron chi connectivity index (χ2n) is 4.97. The summed E-state index contributed by atoms with van der Waals surface area (Å²) in [6, 6.07) is 0.664. The highest BCUT2D eigenvalue weighted by molar-refractivity contribution is 4.82. The summed E-state index contributed by atoms with van der Waals surface area (Å²) in [6.07, 6.45) is 4.64. The molecule has 0 amide bonds. The number of likely N-dealkylation sites (N-methyl/N-ethyl adjacent to an activating group) is 1. The van der Waals surface area contributed by atoms with E-state index in [4.69, 9.17) is 5.11 Å². The lowest BCUT2D eigenvalue weighted by atomic mass is 9.90. The van der Waals surface area contributed by atoms with Crippen molar-refractivity contribution in [1.29, 1.82) is 0 Å². The van der Waals surface area contributed by atoms with Gasteiger partial charge in [-0.05, 0) is 44.7 Å². The lowest BCUT2D eigenvalue weighted by Gasteiger charge is -2.37. The van der Waals surface area contributed by atoms with Gasteiger partial charge in [0.15, 0.2) is 0 Å². The van der Waals surface area contributed by atoms with Crippen LogP contribution in [0.1, 0.15) is 39.5 Å². The highest BCUT2D eigenvalue weighted by atomic mass is 16.2. The van der Waals surface area contributed by atoms with Crippen LogP contribution in [-0.4, -0.2) is 48.8 Å². The Bertz CT molecular complexity index is 159. The third kappa shape index (κ3) is 4.81. The van der Waals surface area contributed by atoms with Gasteiger partial charge in [-0.25, -0.2) is 0 Å². The van der Waals surface area contributed by atoms with Gasteiger partial charge in [0.2, 0.25) is 0 Å². The zero-order valence-corrected chi connectivity index (χ0v) is 10.9. The number of piperidine rings is 1. The molecule has 0 aromatic rings. The quantitative estimate of drug-likeness (QED) is 0.692. The van der Waals surface area contributed by atoms with E-state index in [2.05, 4.69) is 24.1 Å². The SMILES string of the molecule is CCCNC1CC(CCCO)CN(CC)C1. The summed E-state index contributed by atoms with van der Waals surface area (Å²) in [7, 11) is 0. The Morgan fingerprint density at radius 1 is 1.31 bits per heavy atom. The van der Waals surface area contributed by atoms with Crippen LogP contribution in [0.15, 0.2) is 0 Å². The molecule has 2 N–H and O–H groups in total. The maximum Gasteiger partial charge on any atom is 0.0431 e. The lowest BCUT2D eigenvalue weighted by Crippen LogP contribution is -2.49. The molecule has 2 atom stereocenters. The van der Waals surface area contributed by atoms with Crippen molar-refractivity contribution < 1.29 is 5.11 Å². The van der Waals surface area contributed by atoms with Gasteiger partial charge in [0.25, 0.3) is 0 Å². The second-order valence-corrected chi connectivity index (χ2v) is 4.97. The number of likely N-dealkylation sites (tertiary alicyclic amines) is 1. The van der Waals surface area contributed by atoms with E-state index in [0.717, 1.165) is 25.4 Å². The molecule has 3 heteroatoms. The standard InChI is InChI=1S/C13H28N2O/c1-3-7-14-13-9-12(6-5-8-16)10-15(4-2)11-13/h12-14,16H,3-11H2,1-2H3. The molecule has 0 aliphatic carbocycles. The number of aliphatic hydroxyl groups is 1. The van der Waals surface area contributed by atoms with Crippen LogP contribution in [0.2, 0.25) is 0 Å². The average Bonchev–Trinajstić information content (AvgIpc) is 2.33. The zero-order valence-electron chi connectivity index (χ0n) is 10.9. The molecule has 1 aliphatic heterocycles. The van der Waals surface area contributed by atoms with E-state index < -0.39 is 0 Å². The Morgan fingerprint density at radius 3 is 2.75 bits per heavy atom. The van der Waals surface area contributed by atoms with E-state index in [1.165, 1.54) is 32.4 Å². The first kappa shape index (κ1) is 13.9. The number of nitrogens with zero attached hydrogens (tertiary/aromatic N) is 1. The Kier molecular flexibility index (Phi) is 7.01. The summed E-state index contributed by atoms with van der Waals surface area (Å²) in [5.41, 5.74) is 0. The van der Waals surface area contributed by atoms with Gasteiger partial charge < -0.3 is 15.3 Å². The first-order chi connectivity index (χ1) is 7.80. The largest absolute Gasteiger partial charge is 0.396 e. The first-order valence-corrected chi connectivity index (χ1v) is 6.86. The molecule has 1 aliphatic rings. The maximum atomic E-state index is 8.90. The fourth-order valence-corrected chi connectivity index (χ4v) is 2.65. The molecule has 16 heavy (non-hydrogen) atoms. The molecule has 1 fully saturated rings. The molecule has 96 valence electrons. The number of nitrogens with one attached hydrogen (secondary N) is 1. The van der Waals surface area contributed by atoms with E-state index in [1.807, 2.05) is 0 Å². The van der Waals surface area contributed by atoms with Crippen LogP contribution in [0, 0.1) is 5.92 Å². The van der Waals surface area contributed by atoms with Crippen molar-refractivity contribution in [2.24, 2.45) is 5.92 Å². The Hall–Kier alpha value is -0.120. The monoisotopic (exact) mass is 228 g/mol. The normalized spacial score (nSPS) is 27.2. The molecule has 0 aromatic heterocycles. The number of hydrogen-bond acceptors (Lipinski definition) is 3. The Labute approximate surface area is 100 Å². The van der Waals surface area contributed by atoms with Crippen LogP contribution >= 0.6 is 0 Å². The van der Waals surface area contributed by atoms with Gasteiger partial charge in [-0.15, -0.1) is 0 Å². The molecule has 1 heterocycles. The Balaban J connectivity index is 2.34. The molecule has 0 radical (unpaired) electrons. The summed E-state index contributed by atoms with van der Waals surface area (Å²) in [6.45, 7) is 9.51. The summed E-state index contributed by atoms with van der Waals surface area (Å²) in [4.78, 5) is 2.54. The van der Waals surface area contributed by atoms with E-state index >= 15 is 0 Å². The summed E-state index contributed by atoms with van der Waals surface area (Å²) in [5, 5.41) is 12.5. The molecule has 1 rings (SSSR count). The van der Waals surface area contributed by atoms with Crippen LogP contribution < -0.4 is 5.32 Å². The molecule has 1 saturated heterocycles. The molecular formula is C13H28N2O. The predicted molar refractivity (Wildman–Crippen MR) is 68.6 cm³/mol. The first-order valence-electron chi connectivity index (χ1n) is 6.86. The van der Waals surface area contributed by atoms with E-state index in [-0.39, 0.29) is 0 Å². The maximum absolute atomic E-state index is 8.90. The van der Waals surface area contributed by atoms with Gasteiger partial charge in [0.05, 0.1) is 0 Å². The highest BCUT2D eigenvalue weighted by Crippen LogP contribution is 2.21. The van der Waals surface area contributed by atoms with Crippen molar-refractivity contribution in [3.63, 3.8) is 0 Å². The smallest absolute Gasteiger partial charge is 0.0431 e. The molecule has 3 nitrogen and oxygen atoms in total. The lowest BCUT2D eigenvalue weighted by molar-refractivity contribution is 0.135. The van der Waals surface area contributed by atoms with Crippen LogP contribution in [0.3, 0.4) is 0 Å². The minimum atomic E-state index is 0.343. The van der Waals surface area contributed by atoms with Crippen molar-refractivity contribution >= 4 is 0 Å². The second kappa shape index (κ2) is 8.04. The molecule has 0 bridgehead atoms. The molecule has 0 saturated carbocycles. The van der Waals surface area contributed by atoms with Crippen molar-refractivity contribution in [2.75, 3.05) is 32.8 Å². The molecule has 0 aromatic carbocycles. The van der Waals surface area contributed by atoms with E-state index in [1.54, 1.807) is 0 Å². The number of hydrogen-bond donors (Lipinski definition) is 2. The zero-order chi connectivity index (χ0) is 11.8. The van der Waals surface area contributed by atoms with Crippen LogP contribution in [0.5, 0.6) is 0 Å². The van der Waals surface area contributed by atoms with Gasteiger partial charge in [0, 0.05) is 25.7 Å². The van der Waals surface area contributed by atoms with E-state index in [0.29, 0.717) is 12.6 Å². The minimum absolute atomic E-state index is 0.343. The van der Waals surface area contributed by atoms with Gasteiger partial charge in [-0.1, -0.05) is 13.8 Å². The van der Waals surface area contributed by atoms with Crippen molar-refractivity contribution in [3.05, 3.63) is 0 Å². The van der Waals surface area contributed by atoms with Crippen LogP contribution in [-0.2, 0) is 0 Å². The van der Waals surface area contributed by atoms with Crippen molar-refractivity contribution in [1.82, 2.24) is 10.2 Å². The predicted octanol–water partition coefficient (Wildman–Crippen LogP) is 1.47. The molecule has 2 unspecified atom stereocenters. The van der Waals surface area contributed by atoms with Crippen molar-refractivity contribution in [3.8, 4) is 0 Å². The summed E-state index contributed by atoms with van der Waals surface area (Å²) in [5.74, 6) is 0.773. The number of rotatable bonds is 7. The highest BCUT2D eigenvalue weighted by Gasteiger charge is 2.25. The molecule has 0 spiro atoms. The van der Waals surface area contributed by atoms with Gasteiger partial charge in [-0.3, -0.25) is 0 Å². The van der Waals surface area contributed by atoms with E-state index in [9.17, 15) is 0 Å². The topological polar surface area (TPSA) is 35.5 Å². The van der Waals surface area contributed by atoms with Gasteiger partial charge in [-0.2, -0.15) is 0 Å². The Morgan fingerprint density at radius 2 is 2.12 bits per heavy atom. The van der Waals surface area contributed by atoms with Gasteiger partial charge in [0.1, 0.15) is 0 Å². The van der Waals surface area contributed by atoms with Crippen LogP contribution in [0.25, 0.3) is 0 Å². The van der Waals surface area contributed by atoms with Gasteiger partial charge >= 0.3 is 0 Å². The third-order valence-corrected chi connectivity index (χ3v) is 3.51. The fraction of sp³-hybridized carbons (Fsp3) is 1.00. The summed E-state index contributed by atoms with van der Waals surface area (Å²) < 4.78 is 0. The minimum Gasteiger partial charge on any atom is -0.396 e.